The SMILES string of the molecule is CCOC(=O)c1n[nH]c(C(Cl)(Cl)Cl)n1. The average Bonchev–Trinajstić information content (AvgIpc) is 2.51. The molecular weight excluding hydrogens is 252 g/mol. The first-order valence-electron chi connectivity index (χ1n) is 3.62. The van der Waals surface area contributed by atoms with Gasteiger partial charge in [-0.25, -0.2) is 9.78 Å². The number of nitrogens with zero attached hydrogens (tertiary/aromatic N) is 2. The van der Waals surface area contributed by atoms with Gasteiger partial charge in [0.15, 0.2) is 5.82 Å². The number of halogens is 3. The van der Waals surface area contributed by atoms with Crippen LogP contribution in [0.2, 0.25) is 0 Å². The van der Waals surface area contributed by atoms with Crippen LogP contribution in [0.25, 0.3) is 0 Å². The van der Waals surface area contributed by atoms with E-state index in [0.717, 1.165) is 0 Å². The zero-order chi connectivity index (χ0) is 10.8. The molecule has 0 unspecified atom stereocenters. The van der Waals surface area contributed by atoms with Gasteiger partial charge in [-0.1, -0.05) is 34.8 Å². The quantitative estimate of drug-likeness (QED) is 0.649. The molecule has 5 nitrogen and oxygen atoms in total. The van der Waals surface area contributed by atoms with Gasteiger partial charge in [0.2, 0.25) is 3.79 Å². The second-order valence-corrected chi connectivity index (χ2v) is 4.51. The lowest BCUT2D eigenvalue weighted by molar-refractivity contribution is 0.0512. The average molecular weight is 258 g/mol. The standard InChI is InChI=1S/C6H6Cl3N3O2/c1-2-14-4(13)3-10-5(12-11-3)6(7,8)9/h2H2,1H3,(H,10,11,12). The van der Waals surface area contributed by atoms with Crippen molar-refractivity contribution in [2.45, 2.75) is 10.7 Å². The minimum Gasteiger partial charge on any atom is -0.460 e. The van der Waals surface area contributed by atoms with Gasteiger partial charge in [-0.15, -0.1) is 5.10 Å². The predicted molar refractivity (Wildman–Crippen MR) is 51.6 cm³/mol. The first-order valence-corrected chi connectivity index (χ1v) is 4.75. The zero-order valence-corrected chi connectivity index (χ0v) is 9.32. The van der Waals surface area contributed by atoms with Crippen LogP contribution in [0, 0.1) is 0 Å². The summed E-state index contributed by atoms with van der Waals surface area (Å²) in [5, 5.41) is 5.86. The number of aromatic nitrogens is 3. The van der Waals surface area contributed by atoms with E-state index in [4.69, 9.17) is 34.8 Å². The van der Waals surface area contributed by atoms with Crippen molar-refractivity contribution < 1.29 is 9.53 Å². The lowest BCUT2D eigenvalue weighted by Gasteiger charge is -2.03. The molecule has 0 saturated heterocycles. The van der Waals surface area contributed by atoms with E-state index in [2.05, 4.69) is 19.9 Å². The molecule has 1 aromatic rings. The van der Waals surface area contributed by atoms with Crippen LogP contribution < -0.4 is 0 Å². The van der Waals surface area contributed by atoms with E-state index in [1.54, 1.807) is 6.92 Å². The van der Waals surface area contributed by atoms with Crippen molar-refractivity contribution in [1.82, 2.24) is 15.2 Å². The van der Waals surface area contributed by atoms with Gasteiger partial charge < -0.3 is 4.74 Å². The van der Waals surface area contributed by atoms with Crippen LogP contribution in [0.1, 0.15) is 23.4 Å². The van der Waals surface area contributed by atoms with Gasteiger partial charge in [-0.05, 0) is 6.92 Å². The molecular formula is C6H6Cl3N3O2. The highest BCUT2D eigenvalue weighted by atomic mass is 35.6. The van der Waals surface area contributed by atoms with E-state index in [1.165, 1.54) is 0 Å². The first-order chi connectivity index (χ1) is 6.45. The molecule has 0 aliphatic heterocycles. The third-order valence-electron chi connectivity index (χ3n) is 1.21. The molecule has 0 fully saturated rings. The van der Waals surface area contributed by atoms with E-state index in [-0.39, 0.29) is 18.3 Å². The highest BCUT2D eigenvalue weighted by Crippen LogP contribution is 2.35. The highest BCUT2D eigenvalue weighted by Gasteiger charge is 2.28. The van der Waals surface area contributed by atoms with Gasteiger partial charge in [0.05, 0.1) is 6.61 Å². The van der Waals surface area contributed by atoms with E-state index >= 15 is 0 Å². The summed E-state index contributed by atoms with van der Waals surface area (Å²) in [6, 6.07) is 0. The zero-order valence-electron chi connectivity index (χ0n) is 7.05. The van der Waals surface area contributed by atoms with Crippen molar-refractivity contribution in [3.8, 4) is 0 Å². The number of esters is 1. The summed E-state index contributed by atoms with van der Waals surface area (Å²) < 4.78 is 2.92. The molecule has 1 heterocycles. The normalized spacial score (nSPS) is 11.4. The van der Waals surface area contributed by atoms with Crippen LogP contribution in [0.4, 0.5) is 0 Å². The number of alkyl halides is 3. The summed E-state index contributed by atoms with van der Waals surface area (Å²) in [7, 11) is 0. The first kappa shape index (κ1) is 11.6. The fourth-order valence-electron chi connectivity index (χ4n) is 0.676. The fraction of sp³-hybridized carbons (Fsp3) is 0.500. The lowest BCUT2D eigenvalue weighted by atomic mass is 10.6. The summed E-state index contributed by atoms with van der Waals surface area (Å²) in [4.78, 5) is 14.8. The van der Waals surface area contributed by atoms with Crippen molar-refractivity contribution in [3.63, 3.8) is 0 Å². The van der Waals surface area contributed by atoms with Gasteiger partial charge in [0.25, 0.3) is 5.82 Å². The van der Waals surface area contributed by atoms with Crippen LogP contribution in [0.3, 0.4) is 0 Å². The number of nitrogens with one attached hydrogen (secondary N) is 1. The molecule has 0 aliphatic carbocycles. The number of rotatable bonds is 2. The number of ether oxygens (including phenoxy) is 1. The van der Waals surface area contributed by atoms with E-state index in [1.807, 2.05) is 0 Å². The number of H-pyrrole nitrogens is 1. The van der Waals surface area contributed by atoms with Gasteiger partial charge in [0.1, 0.15) is 0 Å². The van der Waals surface area contributed by atoms with Gasteiger partial charge in [0, 0.05) is 0 Å². The minimum absolute atomic E-state index is 0.0226. The summed E-state index contributed by atoms with van der Waals surface area (Å²) in [6.45, 7) is 1.90. The molecule has 14 heavy (non-hydrogen) atoms. The van der Waals surface area contributed by atoms with Crippen molar-refractivity contribution in [2.24, 2.45) is 0 Å². The second kappa shape index (κ2) is 4.33. The smallest absolute Gasteiger partial charge is 0.378 e. The second-order valence-electron chi connectivity index (χ2n) is 2.23. The third-order valence-corrected chi connectivity index (χ3v) is 1.75. The summed E-state index contributed by atoms with van der Waals surface area (Å²) in [6.07, 6.45) is 0. The number of aromatic amines is 1. The summed E-state index contributed by atoms with van der Waals surface area (Å²) in [5.74, 6) is -0.844. The molecule has 1 N–H and O–H groups in total. The Morgan fingerprint density at radius 3 is 2.64 bits per heavy atom. The summed E-state index contributed by atoms with van der Waals surface area (Å²) in [5.41, 5.74) is 0. The van der Waals surface area contributed by atoms with Crippen molar-refractivity contribution >= 4 is 40.8 Å². The Kier molecular flexibility index (Phi) is 3.58. The number of hydrogen-bond donors (Lipinski definition) is 1. The molecule has 0 saturated carbocycles. The van der Waals surface area contributed by atoms with Crippen molar-refractivity contribution in [1.29, 1.82) is 0 Å². The molecule has 0 atom stereocenters. The molecule has 0 amide bonds. The molecule has 0 radical (unpaired) electrons. The maximum Gasteiger partial charge on any atom is 0.378 e. The number of carbonyl (C=O) groups excluding carboxylic acids is 1. The molecule has 1 aromatic heterocycles. The molecule has 78 valence electrons. The van der Waals surface area contributed by atoms with E-state index in [0.29, 0.717) is 0 Å². The Morgan fingerprint density at radius 1 is 1.57 bits per heavy atom. The van der Waals surface area contributed by atoms with Crippen LogP contribution in [-0.4, -0.2) is 27.8 Å². The molecule has 0 aliphatic rings. The molecule has 0 spiro atoms. The predicted octanol–water partition coefficient (Wildman–Crippen LogP) is 1.81. The molecule has 0 bridgehead atoms. The Morgan fingerprint density at radius 2 is 2.21 bits per heavy atom. The van der Waals surface area contributed by atoms with Gasteiger partial charge in [-0.2, -0.15) is 0 Å². The maximum absolute atomic E-state index is 11.1. The minimum atomic E-state index is -1.72. The third kappa shape index (κ3) is 2.73. The molecule has 1 rings (SSSR count). The van der Waals surface area contributed by atoms with Crippen molar-refractivity contribution in [2.75, 3.05) is 6.61 Å². The van der Waals surface area contributed by atoms with Crippen LogP contribution in [0.15, 0.2) is 0 Å². The van der Waals surface area contributed by atoms with Crippen LogP contribution in [-0.2, 0) is 8.53 Å². The van der Waals surface area contributed by atoms with Crippen LogP contribution >= 0.6 is 34.8 Å². The largest absolute Gasteiger partial charge is 0.460 e. The fourth-order valence-corrected chi connectivity index (χ4v) is 0.929. The van der Waals surface area contributed by atoms with Crippen molar-refractivity contribution in [3.05, 3.63) is 11.6 Å². The van der Waals surface area contributed by atoms with Gasteiger partial charge >= 0.3 is 5.97 Å². The molecule has 8 heteroatoms. The number of carbonyl (C=O) groups is 1. The summed E-state index contributed by atoms with van der Waals surface area (Å²) >= 11 is 16.5. The Bertz CT molecular complexity index is 333. The highest BCUT2D eigenvalue weighted by molar-refractivity contribution is 6.66. The number of hydrogen-bond acceptors (Lipinski definition) is 4. The Labute approximate surface area is 94.7 Å². The van der Waals surface area contributed by atoms with Crippen LogP contribution in [0.5, 0.6) is 0 Å². The van der Waals surface area contributed by atoms with Gasteiger partial charge in [-0.3, -0.25) is 5.10 Å². The maximum atomic E-state index is 11.1. The topological polar surface area (TPSA) is 67.9 Å². The lowest BCUT2D eigenvalue weighted by Crippen LogP contribution is -2.08. The van der Waals surface area contributed by atoms with E-state index in [9.17, 15) is 4.79 Å². The monoisotopic (exact) mass is 257 g/mol. The molecule has 0 aromatic carbocycles. The van der Waals surface area contributed by atoms with E-state index < -0.39 is 9.76 Å². The Hall–Kier alpha value is -0.520. The Balaban J connectivity index is 2.83.